The number of amides is 1. The molecule has 0 fully saturated rings. The van der Waals surface area contributed by atoms with Gasteiger partial charge in [-0.3, -0.25) is 13.9 Å². The zero-order valence-corrected chi connectivity index (χ0v) is 20.7. The van der Waals surface area contributed by atoms with Crippen LogP contribution in [-0.2, 0) is 23.4 Å². The lowest BCUT2D eigenvalue weighted by Crippen LogP contribution is -2.50. The Hall–Kier alpha value is -2.08. The van der Waals surface area contributed by atoms with E-state index >= 15 is 0 Å². The van der Waals surface area contributed by atoms with E-state index in [0.717, 1.165) is 41.3 Å². The fourth-order valence-electron chi connectivity index (χ4n) is 4.36. The molecule has 7 nitrogen and oxygen atoms in total. The largest absolute Gasteiger partial charge is 0.393 e. The van der Waals surface area contributed by atoms with Crippen molar-refractivity contribution in [3.63, 3.8) is 0 Å². The third-order valence-electron chi connectivity index (χ3n) is 6.06. The first-order valence-corrected chi connectivity index (χ1v) is 13.5. The van der Waals surface area contributed by atoms with Gasteiger partial charge in [-0.05, 0) is 54.2 Å². The van der Waals surface area contributed by atoms with Crippen molar-refractivity contribution in [2.24, 2.45) is 0 Å². The summed E-state index contributed by atoms with van der Waals surface area (Å²) in [6, 6.07) is 7.55. The van der Waals surface area contributed by atoms with Crippen LogP contribution < -0.4 is 10.6 Å². The van der Waals surface area contributed by atoms with Crippen LogP contribution in [0.25, 0.3) is 0 Å². The van der Waals surface area contributed by atoms with Crippen LogP contribution in [0.4, 0.5) is 8.78 Å². The Balaban J connectivity index is 1.77. The van der Waals surface area contributed by atoms with Crippen LogP contribution >= 0.6 is 10.6 Å². The predicted octanol–water partition coefficient (Wildman–Crippen LogP) is 3.28. The van der Waals surface area contributed by atoms with Crippen LogP contribution in [0.1, 0.15) is 48.6 Å². The number of aliphatic hydroxyl groups is 2. The minimum absolute atomic E-state index is 0.0204. The first-order chi connectivity index (χ1) is 16.5. The second-order valence-electron chi connectivity index (χ2n) is 9.24. The zero-order valence-electron chi connectivity index (χ0n) is 19.9. The maximum Gasteiger partial charge on any atom is 0.222 e. The number of halogens is 2. The Morgan fingerprint density at radius 2 is 1.80 bits per heavy atom. The van der Waals surface area contributed by atoms with Crippen molar-refractivity contribution in [2.45, 2.75) is 63.2 Å². The first kappa shape index (κ1) is 27.5. The van der Waals surface area contributed by atoms with Crippen molar-refractivity contribution in [2.75, 3.05) is 12.3 Å². The second kappa shape index (κ2) is 11.8. The summed E-state index contributed by atoms with van der Waals surface area (Å²) < 4.78 is 48.3. The third-order valence-corrected chi connectivity index (χ3v) is 7.70. The molecule has 2 aromatic carbocycles. The smallest absolute Gasteiger partial charge is 0.222 e. The number of hydrogen-bond acceptors (Lipinski definition) is 6. The number of benzene rings is 2. The summed E-state index contributed by atoms with van der Waals surface area (Å²) in [5.74, 6) is -1.77. The van der Waals surface area contributed by atoms with Crippen LogP contribution in [0.3, 0.4) is 0 Å². The number of aliphatic hydroxyl groups excluding tert-OH is 2. The van der Waals surface area contributed by atoms with Gasteiger partial charge in [-0.1, -0.05) is 25.1 Å². The van der Waals surface area contributed by atoms with Gasteiger partial charge in [0.25, 0.3) is 0 Å². The molecule has 4 atom stereocenters. The summed E-state index contributed by atoms with van der Waals surface area (Å²) in [6.07, 6.45) is -1.47. The molecule has 10 heteroatoms. The predicted molar refractivity (Wildman–Crippen MR) is 132 cm³/mol. The summed E-state index contributed by atoms with van der Waals surface area (Å²) >= 11 is 0. The molecule has 1 amide bonds. The molecule has 1 heterocycles. The van der Waals surface area contributed by atoms with Crippen LogP contribution in [0.2, 0.25) is 0 Å². The average Bonchev–Trinajstić information content (AvgIpc) is 2.74. The van der Waals surface area contributed by atoms with E-state index in [2.05, 4.69) is 10.6 Å². The third kappa shape index (κ3) is 7.96. The number of aryl methyl sites for hydroxylation is 1. The summed E-state index contributed by atoms with van der Waals surface area (Å²) in [4.78, 5) is 12.3. The highest BCUT2D eigenvalue weighted by atomic mass is 32.3. The molecule has 0 bridgehead atoms. The molecule has 0 aliphatic carbocycles. The van der Waals surface area contributed by atoms with Gasteiger partial charge in [-0.2, -0.15) is 10.6 Å². The van der Waals surface area contributed by atoms with E-state index in [1.165, 1.54) is 6.92 Å². The lowest BCUT2D eigenvalue weighted by Gasteiger charge is -2.42. The summed E-state index contributed by atoms with van der Waals surface area (Å²) in [5, 5.41) is 26.3. The Morgan fingerprint density at radius 1 is 1.11 bits per heavy atom. The molecule has 35 heavy (non-hydrogen) atoms. The van der Waals surface area contributed by atoms with Crippen molar-refractivity contribution >= 4 is 16.5 Å². The highest BCUT2D eigenvalue weighted by molar-refractivity contribution is 8.23. The van der Waals surface area contributed by atoms with Gasteiger partial charge < -0.3 is 20.8 Å². The molecule has 0 saturated heterocycles. The molecule has 0 spiro atoms. The fraction of sp³-hybridized carbons (Fsp3) is 0.480. The molecule has 1 unspecified atom stereocenters. The van der Waals surface area contributed by atoms with Crippen LogP contribution in [-0.4, -0.2) is 55.8 Å². The number of nitrogens with one attached hydrogen (secondary N) is 2. The minimum Gasteiger partial charge on any atom is -0.393 e. The van der Waals surface area contributed by atoms with E-state index in [1.807, 2.05) is 25.1 Å². The normalized spacial score (nSPS) is 20.4. The molecule has 194 valence electrons. The van der Waals surface area contributed by atoms with Crippen molar-refractivity contribution in [3.8, 4) is 0 Å². The summed E-state index contributed by atoms with van der Waals surface area (Å²) in [6.45, 7) is 3.46. The topological polar surface area (TPSA) is 122 Å². The molecule has 0 radical (unpaired) electrons. The van der Waals surface area contributed by atoms with E-state index in [4.69, 9.17) is 0 Å². The van der Waals surface area contributed by atoms with Crippen LogP contribution in [0.5, 0.6) is 0 Å². The number of carbonyl (C=O) groups excluding carboxylic acids is 1. The summed E-state index contributed by atoms with van der Waals surface area (Å²) in [5.41, 5.74) is 3.13. The van der Waals surface area contributed by atoms with Gasteiger partial charge in [0.05, 0.1) is 42.2 Å². The number of fused-ring (bicyclic) bond motifs is 1. The van der Waals surface area contributed by atoms with E-state index in [-0.39, 0.29) is 36.5 Å². The molecule has 2 aromatic rings. The van der Waals surface area contributed by atoms with Crippen molar-refractivity contribution in [1.29, 1.82) is 0 Å². The molecule has 1 aliphatic heterocycles. The minimum atomic E-state index is -2.85. The van der Waals surface area contributed by atoms with E-state index in [1.54, 1.807) is 0 Å². The molecular weight excluding hydrogens is 478 g/mol. The molecule has 1 aliphatic rings. The molecular formula is C25H34F2N2O5S. The highest BCUT2D eigenvalue weighted by Gasteiger charge is 2.31. The molecule has 0 aromatic heterocycles. The second-order valence-corrected chi connectivity index (χ2v) is 11.5. The Morgan fingerprint density at radius 3 is 2.43 bits per heavy atom. The lowest BCUT2D eigenvalue weighted by molar-refractivity contribution is -0.124. The van der Waals surface area contributed by atoms with Crippen molar-refractivity contribution in [1.82, 2.24) is 10.6 Å². The monoisotopic (exact) mass is 512 g/mol. The quantitative estimate of drug-likeness (QED) is 0.291. The molecule has 6 N–H and O–H groups in total. The fourth-order valence-corrected chi connectivity index (χ4v) is 6.07. The van der Waals surface area contributed by atoms with Gasteiger partial charge in [0.2, 0.25) is 5.91 Å². The van der Waals surface area contributed by atoms with Gasteiger partial charge in [0.1, 0.15) is 11.6 Å². The Kier molecular flexibility index (Phi) is 9.25. The maximum atomic E-state index is 13.7. The van der Waals surface area contributed by atoms with Crippen LogP contribution in [0, 0.1) is 11.6 Å². The number of hydrogen-bond donors (Lipinski definition) is 6. The van der Waals surface area contributed by atoms with Crippen LogP contribution in [0.15, 0.2) is 36.4 Å². The van der Waals surface area contributed by atoms with E-state index < -0.39 is 52.4 Å². The van der Waals surface area contributed by atoms with Crippen molar-refractivity contribution < 1.29 is 32.9 Å². The van der Waals surface area contributed by atoms with Gasteiger partial charge in [-0.25, -0.2) is 8.78 Å². The van der Waals surface area contributed by atoms with E-state index in [0.29, 0.717) is 0 Å². The standard InChI is InChI=1S/C25H34F2N2O5S/c1-3-16-4-5-18-13-35(33,34)14-23(21(18)9-16)28-12-24(31)22(29-25(32)6-15(2)30)10-17-7-19(26)11-20(27)8-17/h4-5,7-9,11,15,22-24,28,30-31,33-34H,3,6,10,12-14H2,1-2H3,(H,29,32)/t15?,22-,23-,24-/m0/s1. The Labute approximate surface area is 205 Å². The number of rotatable bonds is 10. The van der Waals surface area contributed by atoms with Gasteiger partial charge >= 0.3 is 0 Å². The SMILES string of the molecule is CCc1ccc2c(c1)[C@@H](NC[C@H](O)[C@H](Cc1cc(F)cc(F)c1)NC(=O)CC(C)O)CS(O)(O)C2. The number of carbonyl (C=O) groups is 1. The van der Waals surface area contributed by atoms with E-state index in [9.17, 15) is 32.9 Å². The maximum absolute atomic E-state index is 13.7. The van der Waals surface area contributed by atoms with Crippen molar-refractivity contribution in [3.05, 3.63) is 70.3 Å². The molecule has 3 rings (SSSR count). The van der Waals surface area contributed by atoms with Gasteiger partial charge in [0.15, 0.2) is 0 Å². The summed E-state index contributed by atoms with van der Waals surface area (Å²) in [7, 11) is -2.85. The average molecular weight is 513 g/mol. The zero-order chi connectivity index (χ0) is 25.8. The lowest BCUT2D eigenvalue weighted by atomic mass is 9.97. The molecule has 0 saturated carbocycles. The van der Waals surface area contributed by atoms with Gasteiger partial charge in [-0.15, -0.1) is 0 Å². The Bertz CT molecular complexity index is 1020. The first-order valence-electron chi connectivity index (χ1n) is 11.6. The van der Waals surface area contributed by atoms with Gasteiger partial charge in [0, 0.05) is 12.6 Å². The highest BCUT2D eigenvalue weighted by Crippen LogP contribution is 2.50.